The number of ether oxygens (including phenoxy) is 1. The van der Waals surface area contributed by atoms with E-state index in [0.29, 0.717) is 26.0 Å². The summed E-state index contributed by atoms with van der Waals surface area (Å²) < 4.78 is 4.95. The molecule has 106 valence electrons. The zero-order valence-corrected chi connectivity index (χ0v) is 11.3. The van der Waals surface area contributed by atoms with Gasteiger partial charge in [0, 0.05) is 13.2 Å². The van der Waals surface area contributed by atoms with Gasteiger partial charge >= 0.3 is 6.09 Å². The van der Waals surface area contributed by atoms with Crippen LogP contribution in [0.4, 0.5) is 4.79 Å². The van der Waals surface area contributed by atoms with Gasteiger partial charge < -0.3 is 15.2 Å². The van der Waals surface area contributed by atoms with Crippen molar-refractivity contribution in [3.8, 4) is 0 Å². The first-order chi connectivity index (χ1) is 9.33. The molecule has 0 saturated carbocycles. The smallest absolute Gasteiger partial charge is 0.407 e. The molecule has 1 aromatic rings. The Labute approximate surface area is 114 Å². The molecule has 0 unspecified atom stereocenters. The molecule has 0 aromatic heterocycles. The molecule has 19 heavy (non-hydrogen) atoms. The Morgan fingerprint density at radius 1 is 1.11 bits per heavy atom. The van der Waals surface area contributed by atoms with Crippen molar-refractivity contribution in [2.24, 2.45) is 0 Å². The number of amides is 1. The third-order valence-corrected chi connectivity index (χ3v) is 2.79. The molecule has 0 aliphatic rings. The molecule has 4 nitrogen and oxygen atoms in total. The van der Waals surface area contributed by atoms with Gasteiger partial charge in [0.25, 0.3) is 0 Å². The lowest BCUT2D eigenvalue weighted by molar-refractivity contribution is 0.141. The maximum Gasteiger partial charge on any atom is 0.407 e. The van der Waals surface area contributed by atoms with Crippen LogP contribution in [0.3, 0.4) is 0 Å². The number of benzene rings is 1. The summed E-state index contributed by atoms with van der Waals surface area (Å²) in [6.45, 7) is 1.16. The molecule has 0 fully saturated rings. The predicted molar refractivity (Wildman–Crippen MR) is 75.1 cm³/mol. The molecule has 0 bridgehead atoms. The minimum Gasteiger partial charge on any atom is -0.450 e. The van der Waals surface area contributed by atoms with Crippen LogP contribution in [0.2, 0.25) is 0 Å². The summed E-state index contributed by atoms with van der Waals surface area (Å²) >= 11 is 0. The van der Waals surface area contributed by atoms with Crippen molar-refractivity contribution in [1.82, 2.24) is 5.32 Å². The summed E-state index contributed by atoms with van der Waals surface area (Å²) in [7, 11) is 0. The SMILES string of the molecule is O=C(NCCCCc1ccccc1)OCCCCO. The fourth-order valence-electron chi connectivity index (χ4n) is 1.72. The Hall–Kier alpha value is -1.55. The van der Waals surface area contributed by atoms with Crippen molar-refractivity contribution >= 4 is 6.09 Å². The Morgan fingerprint density at radius 2 is 1.89 bits per heavy atom. The zero-order valence-electron chi connectivity index (χ0n) is 11.3. The minimum atomic E-state index is -0.363. The van der Waals surface area contributed by atoms with Gasteiger partial charge in [0.05, 0.1) is 6.61 Å². The number of rotatable bonds is 9. The fraction of sp³-hybridized carbons (Fsp3) is 0.533. The van der Waals surface area contributed by atoms with E-state index in [1.807, 2.05) is 18.2 Å². The van der Waals surface area contributed by atoms with Gasteiger partial charge in [-0.1, -0.05) is 30.3 Å². The van der Waals surface area contributed by atoms with Crippen LogP contribution in [0.5, 0.6) is 0 Å². The highest BCUT2D eigenvalue weighted by Crippen LogP contribution is 2.03. The van der Waals surface area contributed by atoms with E-state index < -0.39 is 0 Å². The van der Waals surface area contributed by atoms with Gasteiger partial charge in [0.15, 0.2) is 0 Å². The van der Waals surface area contributed by atoms with Crippen LogP contribution in [-0.4, -0.2) is 31.0 Å². The van der Waals surface area contributed by atoms with Crippen molar-refractivity contribution in [2.75, 3.05) is 19.8 Å². The molecule has 4 heteroatoms. The van der Waals surface area contributed by atoms with E-state index in [2.05, 4.69) is 17.4 Å². The van der Waals surface area contributed by atoms with Crippen molar-refractivity contribution < 1.29 is 14.6 Å². The topological polar surface area (TPSA) is 58.6 Å². The van der Waals surface area contributed by atoms with E-state index >= 15 is 0 Å². The number of aliphatic hydroxyl groups excluding tert-OH is 1. The van der Waals surface area contributed by atoms with E-state index in [9.17, 15) is 4.79 Å². The quantitative estimate of drug-likeness (QED) is 0.674. The van der Waals surface area contributed by atoms with E-state index in [0.717, 1.165) is 19.3 Å². The fourth-order valence-corrected chi connectivity index (χ4v) is 1.72. The molecule has 1 amide bonds. The Kier molecular flexibility index (Phi) is 8.47. The molecular formula is C15H23NO3. The summed E-state index contributed by atoms with van der Waals surface area (Å²) in [6, 6.07) is 10.3. The van der Waals surface area contributed by atoms with E-state index in [-0.39, 0.29) is 12.7 Å². The van der Waals surface area contributed by atoms with Gasteiger partial charge in [-0.3, -0.25) is 0 Å². The maximum atomic E-state index is 11.2. The highest BCUT2D eigenvalue weighted by Gasteiger charge is 2.00. The second-order valence-electron chi connectivity index (χ2n) is 4.44. The maximum absolute atomic E-state index is 11.2. The summed E-state index contributed by atoms with van der Waals surface area (Å²) in [6.07, 6.45) is 4.05. The average Bonchev–Trinajstić information content (AvgIpc) is 2.44. The van der Waals surface area contributed by atoms with Crippen molar-refractivity contribution in [1.29, 1.82) is 0 Å². The molecule has 0 saturated heterocycles. The lowest BCUT2D eigenvalue weighted by Gasteiger charge is -2.06. The minimum absolute atomic E-state index is 0.143. The highest BCUT2D eigenvalue weighted by atomic mass is 16.5. The number of nitrogens with one attached hydrogen (secondary N) is 1. The van der Waals surface area contributed by atoms with Gasteiger partial charge in [0.1, 0.15) is 0 Å². The number of unbranched alkanes of at least 4 members (excludes halogenated alkanes) is 2. The molecule has 0 atom stereocenters. The third kappa shape index (κ3) is 8.21. The number of aliphatic hydroxyl groups is 1. The molecule has 1 rings (SSSR count). The summed E-state index contributed by atoms with van der Waals surface area (Å²) in [5.74, 6) is 0. The highest BCUT2D eigenvalue weighted by molar-refractivity contribution is 5.66. The molecule has 0 aliphatic carbocycles. The van der Waals surface area contributed by atoms with Gasteiger partial charge in [-0.05, 0) is 37.7 Å². The molecular weight excluding hydrogens is 242 g/mol. The van der Waals surface area contributed by atoms with Crippen LogP contribution in [0, 0.1) is 0 Å². The molecule has 0 radical (unpaired) electrons. The molecule has 0 heterocycles. The summed E-state index contributed by atoms with van der Waals surface area (Å²) in [5.41, 5.74) is 1.33. The largest absolute Gasteiger partial charge is 0.450 e. The Bertz CT molecular complexity index is 341. The first kappa shape index (κ1) is 15.5. The number of hydrogen-bond acceptors (Lipinski definition) is 3. The number of aryl methyl sites for hydroxylation is 1. The van der Waals surface area contributed by atoms with Crippen LogP contribution < -0.4 is 5.32 Å². The first-order valence-corrected chi connectivity index (χ1v) is 6.88. The van der Waals surface area contributed by atoms with E-state index in [1.165, 1.54) is 5.56 Å². The van der Waals surface area contributed by atoms with Gasteiger partial charge in [0.2, 0.25) is 0 Å². The van der Waals surface area contributed by atoms with Crippen LogP contribution in [0.25, 0.3) is 0 Å². The Morgan fingerprint density at radius 3 is 2.63 bits per heavy atom. The summed E-state index contributed by atoms with van der Waals surface area (Å²) in [5, 5.41) is 11.3. The second kappa shape index (κ2) is 10.4. The van der Waals surface area contributed by atoms with Gasteiger partial charge in [-0.15, -0.1) is 0 Å². The standard InChI is InChI=1S/C15H23NO3/c17-12-6-7-13-19-15(18)16-11-5-4-10-14-8-2-1-3-9-14/h1-3,8-9,17H,4-7,10-13H2,(H,16,18). The van der Waals surface area contributed by atoms with Crippen LogP contribution in [0.1, 0.15) is 31.2 Å². The molecule has 0 aliphatic heterocycles. The van der Waals surface area contributed by atoms with Gasteiger partial charge in [-0.25, -0.2) is 4.79 Å². The van der Waals surface area contributed by atoms with Crippen molar-refractivity contribution in [3.63, 3.8) is 0 Å². The van der Waals surface area contributed by atoms with Crippen molar-refractivity contribution in [3.05, 3.63) is 35.9 Å². The zero-order chi connectivity index (χ0) is 13.8. The van der Waals surface area contributed by atoms with Crippen LogP contribution in [-0.2, 0) is 11.2 Å². The lowest BCUT2D eigenvalue weighted by atomic mass is 10.1. The predicted octanol–water partition coefficient (Wildman–Crippen LogP) is 2.51. The van der Waals surface area contributed by atoms with Crippen LogP contribution in [0.15, 0.2) is 30.3 Å². The van der Waals surface area contributed by atoms with E-state index in [4.69, 9.17) is 9.84 Å². The van der Waals surface area contributed by atoms with Gasteiger partial charge in [-0.2, -0.15) is 0 Å². The first-order valence-electron chi connectivity index (χ1n) is 6.88. The van der Waals surface area contributed by atoms with Crippen molar-refractivity contribution in [2.45, 2.75) is 32.1 Å². The number of carbonyl (C=O) groups excluding carboxylic acids is 1. The molecule has 1 aromatic carbocycles. The van der Waals surface area contributed by atoms with E-state index in [1.54, 1.807) is 0 Å². The van der Waals surface area contributed by atoms with Crippen LogP contribution >= 0.6 is 0 Å². The molecule has 0 spiro atoms. The third-order valence-electron chi connectivity index (χ3n) is 2.79. The number of carbonyl (C=O) groups is 1. The number of alkyl carbamates (subject to hydrolysis) is 1. The Balaban J connectivity index is 1.94. The normalized spacial score (nSPS) is 10.2. The number of hydrogen-bond donors (Lipinski definition) is 2. The molecule has 2 N–H and O–H groups in total. The lowest BCUT2D eigenvalue weighted by Crippen LogP contribution is -2.25. The summed E-state index contributed by atoms with van der Waals surface area (Å²) in [4.78, 5) is 11.2. The monoisotopic (exact) mass is 265 g/mol. The second-order valence-corrected chi connectivity index (χ2v) is 4.44. The average molecular weight is 265 g/mol.